The van der Waals surface area contributed by atoms with E-state index in [1.54, 1.807) is 11.0 Å². The van der Waals surface area contributed by atoms with Crippen LogP contribution in [0.1, 0.15) is 31.5 Å². The van der Waals surface area contributed by atoms with Gasteiger partial charge in [-0.2, -0.15) is 5.10 Å². The van der Waals surface area contributed by atoms with Crippen molar-refractivity contribution in [1.82, 2.24) is 29.2 Å². The van der Waals surface area contributed by atoms with E-state index in [-0.39, 0.29) is 11.8 Å². The lowest BCUT2D eigenvalue weighted by atomic mass is 9.95. The Bertz CT molecular complexity index is 612. The highest BCUT2D eigenvalue weighted by atomic mass is 16.2. The molecule has 0 bridgehead atoms. The summed E-state index contributed by atoms with van der Waals surface area (Å²) in [7, 11) is 2.03. The maximum atomic E-state index is 12.5. The van der Waals surface area contributed by atoms with Crippen LogP contribution in [0, 0.1) is 5.92 Å². The highest BCUT2D eigenvalue weighted by Gasteiger charge is 2.28. The van der Waals surface area contributed by atoms with Crippen molar-refractivity contribution in [3.05, 3.63) is 30.9 Å². The zero-order valence-corrected chi connectivity index (χ0v) is 13.1. The average molecular weight is 302 g/mol. The van der Waals surface area contributed by atoms with Gasteiger partial charge < -0.3 is 9.47 Å². The van der Waals surface area contributed by atoms with E-state index in [1.807, 2.05) is 31.3 Å². The zero-order valence-electron chi connectivity index (χ0n) is 13.1. The highest BCUT2D eigenvalue weighted by Crippen LogP contribution is 2.27. The van der Waals surface area contributed by atoms with Crippen molar-refractivity contribution in [3.63, 3.8) is 0 Å². The molecular formula is C15H22N6O. The molecule has 0 saturated carbocycles. The SMILES string of the molecule is C[C@@H](Cn1cncn1)C(=O)N1CCC(c2nccn2C)CC1. The van der Waals surface area contributed by atoms with Gasteiger partial charge in [0.05, 0.1) is 12.5 Å². The fourth-order valence-corrected chi connectivity index (χ4v) is 3.13. The van der Waals surface area contributed by atoms with E-state index in [1.165, 1.54) is 6.33 Å². The monoisotopic (exact) mass is 302 g/mol. The van der Waals surface area contributed by atoms with Crippen molar-refractivity contribution < 1.29 is 4.79 Å². The third-order valence-corrected chi connectivity index (χ3v) is 4.38. The summed E-state index contributed by atoms with van der Waals surface area (Å²) < 4.78 is 3.79. The third-order valence-electron chi connectivity index (χ3n) is 4.38. The van der Waals surface area contributed by atoms with Gasteiger partial charge in [-0.15, -0.1) is 0 Å². The Morgan fingerprint density at radius 2 is 2.18 bits per heavy atom. The van der Waals surface area contributed by atoms with Crippen LogP contribution in [0.15, 0.2) is 25.0 Å². The maximum Gasteiger partial charge on any atom is 0.227 e. The number of likely N-dealkylation sites (tertiary alicyclic amines) is 1. The summed E-state index contributed by atoms with van der Waals surface area (Å²) >= 11 is 0. The summed E-state index contributed by atoms with van der Waals surface area (Å²) in [5.41, 5.74) is 0. The molecule has 0 aromatic carbocycles. The molecule has 0 aliphatic carbocycles. The number of hydrogen-bond donors (Lipinski definition) is 0. The lowest BCUT2D eigenvalue weighted by molar-refractivity contribution is -0.136. The number of carbonyl (C=O) groups is 1. The van der Waals surface area contributed by atoms with Crippen molar-refractivity contribution >= 4 is 5.91 Å². The highest BCUT2D eigenvalue weighted by molar-refractivity contribution is 5.78. The van der Waals surface area contributed by atoms with Gasteiger partial charge in [0.25, 0.3) is 0 Å². The predicted octanol–water partition coefficient (Wildman–Crippen LogP) is 1.05. The Morgan fingerprint density at radius 1 is 1.41 bits per heavy atom. The van der Waals surface area contributed by atoms with Gasteiger partial charge in [-0.25, -0.2) is 9.97 Å². The van der Waals surface area contributed by atoms with Crippen LogP contribution in [0.5, 0.6) is 0 Å². The first-order valence-corrected chi connectivity index (χ1v) is 7.73. The van der Waals surface area contributed by atoms with Crippen LogP contribution < -0.4 is 0 Å². The first-order chi connectivity index (χ1) is 10.6. The molecule has 0 unspecified atom stereocenters. The minimum Gasteiger partial charge on any atom is -0.342 e. The zero-order chi connectivity index (χ0) is 15.5. The minimum atomic E-state index is -0.0774. The first kappa shape index (κ1) is 14.7. The van der Waals surface area contributed by atoms with Crippen LogP contribution in [0.4, 0.5) is 0 Å². The van der Waals surface area contributed by atoms with E-state index in [0.717, 1.165) is 31.8 Å². The number of aryl methyl sites for hydroxylation is 1. The molecule has 1 aliphatic rings. The number of aromatic nitrogens is 5. The Morgan fingerprint density at radius 3 is 2.77 bits per heavy atom. The summed E-state index contributed by atoms with van der Waals surface area (Å²) in [6.45, 7) is 4.14. The lowest BCUT2D eigenvalue weighted by Crippen LogP contribution is -2.42. The van der Waals surface area contributed by atoms with E-state index in [4.69, 9.17) is 0 Å². The molecule has 3 heterocycles. The number of nitrogens with zero attached hydrogens (tertiary/aromatic N) is 6. The molecule has 7 heteroatoms. The number of carbonyl (C=O) groups excluding carboxylic acids is 1. The van der Waals surface area contributed by atoms with Gasteiger partial charge in [0, 0.05) is 38.4 Å². The number of imidazole rings is 1. The summed E-state index contributed by atoms with van der Waals surface area (Å²) in [5.74, 6) is 1.71. The molecule has 0 radical (unpaired) electrons. The molecule has 2 aromatic heterocycles. The van der Waals surface area contributed by atoms with Gasteiger partial charge in [0.1, 0.15) is 18.5 Å². The van der Waals surface area contributed by atoms with E-state index in [2.05, 4.69) is 19.6 Å². The Hall–Kier alpha value is -2.18. The molecule has 1 amide bonds. The van der Waals surface area contributed by atoms with Crippen molar-refractivity contribution in [3.8, 4) is 0 Å². The van der Waals surface area contributed by atoms with Crippen LogP contribution in [0.25, 0.3) is 0 Å². The number of amides is 1. The fraction of sp³-hybridized carbons (Fsp3) is 0.600. The topological polar surface area (TPSA) is 68.8 Å². The lowest BCUT2D eigenvalue weighted by Gasteiger charge is -2.33. The standard InChI is InChI=1S/C15H22N6O/c1-12(9-21-11-16-10-18-21)15(22)20-6-3-13(4-7-20)14-17-5-8-19(14)2/h5,8,10-13H,3-4,6-7,9H2,1-2H3/t12-/m0/s1. The Kier molecular flexibility index (Phi) is 4.22. The molecule has 7 nitrogen and oxygen atoms in total. The summed E-state index contributed by atoms with van der Waals surface area (Å²) in [6, 6.07) is 0. The van der Waals surface area contributed by atoms with Crippen molar-refractivity contribution in [2.75, 3.05) is 13.1 Å². The van der Waals surface area contributed by atoms with Crippen molar-refractivity contribution in [2.45, 2.75) is 32.2 Å². The molecular weight excluding hydrogens is 280 g/mol. The third kappa shape index (κ3) is 3.03. The van der Waals surface area contributed by atoms with Crippen LogP contribution in [-0.4, -0.2) is 48.2 Å². The normalized spacial score (nSPS) is 17.6. The Balaban J connectivity index is 1.54. The predicted molar refractivity (Wildman–Crippen MR) is 80.9 cm³/mol. The van der Waals surface area contributed by atoms with Gasteiger partial charge in [-0.05, 0) is 12.8 Å². The van der Waals surface area contributed by atoms with Gasteiger partial charge in [-0.3, -0.25) is 9.48 Å². The van der Waals surface area contributed by atoms with E-state index in [0.29, 0.717) is 12.5 Å². The van der Waals surface area contributed by atoms with Crippen LogP contribution in [-0.2, 0) is 18.4 Å². The second kappa shape index (κ2) is 6.29. The molecule has 1 saturated heterocycles. The number of rotatable bonds is 4. The smallest absolute Gasteiger partial charge is 0.227 e. The molecule has 0 N–H and O–H groups in total. The van der Waals surface area contributed by atoms with Crippen molar-refractivity contribution in [1.29, 1.82) is 0 Å². The van der Waals surface area contributed by atoms with Gasteiger partial charge in [0.2, 0.25) is 5.91 Å². The van der Waals surface area contributed by atoms with Crippen LogP contribution in [0.3, 0.4) is 0 Å². The van der Waals surface area contributed by atoms with E-state index >= 15 is 0 Å². The molecule has 118 valence electrons. The molecule has 22 heavy (non-hydrogen) atoms. The minimum absolute atomic E-state index is 0.0774. The molecule has 1 fully saturated rings. The maximum absolute atomic E-state index is 12.5. The second-order valence-electron chi connectivity index (χ2n) is 6.01. The quantitative estimate of drug-likeness (QED) is 0.846. The van der Waals surface area contributed by atoms with Gasteiger partial charge in [0.15, 0.2) is 0 Å². The summed E-state index contributed by atoms with van der Waals surface area (Å²) in [4.78, 5) is 22.8. The molecule has 2 aromatic rings. The van der Waals surface area contributed by atoms with Gasteiger partial charge >= 0.3 is 0 Å². The fourth-order valence-electron chi connectivity index (χ4n) is 3.13. The molecule has 3 rings (SSSR count). The summed E-state index contributed by atoms with van der Waals surface area (Å²) in [5, 5.41) is 4.06. The Labute approximate surface area is 130 Å². The molecule has 1 aliphatic heterocycles. The average Bonchev–Trinajstić information content (AvgIpc) is 3.18. The number of piperidine rings is 1. The van der Waals surface area contributed by atoms with E-state index in [9.17, 15) is 4.79 Å². The second-order valence-corrected chi connectivity index (χ2v) is 6.01. The largest absolute Gasteiger partial charge is 0.342 e. The van der Waals surface area contributed by atoms with Crippen LogP contribution in [0.2, 0.25) is 0 Å². The summed E-state index contributed by atoms with van der Waals surface area (Å²) in [6.07, 6.45) is 8.92. The van der Waals surface area contributed by atoms with Gasteiger partial charge in [-0.1, -0.05) is 6.92 Å². The van der Waals surface area contributed by atoms with E-state index < -0.39 is 0 Å². The number of hydrogen-bond acceptors (Lipinski definition) is 4. The van der Waals surface area contributed by atoms with Crippen LogP contribution >= 0.6 is 0 Å². The first-order valence-electron chi connectivity index (χ1n) is 7.73. The van der Waals surface area contributed by atoms with Crippen molar-refractivity contribution in [2.24, 2.45) is 13.0 Å². The molecule has 0 spiro atoms. The molecule has 1 atom stereocenters.